The van der Waals surface area contributed by atoms with E-state index in [1.165, 1.54) is 0 Å². The zero-order chi connectivity index (χ0) is 11.3. The minimum atomic E-state index is 0.128. The van der Waals surface area contributed by atoms with Gasteiger partial charge in [-0.05, 0) is 19.4 Å². The molecule has 0 bridgehead atoms. The van der Waals surface area contributed by atoms with Gasteiger partial charge in [0.1, 0.15) is 5.75 Å². The number of para-hydroxylation sites is 1. The summed E-state index contributed by atoms with van der Waals surface area (Å²) in [5, 5.41) is 21.9. The lowest BCUT2D eigenvalue weighted by Gasteiger charge is -2.13. The molecule has 4 heteroatoms. The summed E-state index contributed by atoms with van der Waals surface area (Å²) in [6.45, 7) is 2.70. The topological polar surface area (TPSA) is 52.5 Å². The van der Waals surface area contributed by atoms with Crippen LogP contribution in [0.5, 0.6) is 5.75 Å². The van der Waals surface area contributed by atoms with Gasteiger partial charge in [-0.25, -0.2) is 0 Å². The van der Waals surface area contributed by atoms with Gasteiger partial charge in [0.05, 0.1) is 5.02 Å². The van der Waals surface area contributed by atoms with Crippen molar-refractivity contribution in [3.05, 3.63) is 28.8 Å². The Labute approximate surface area is 94.7 Å². The summed E-state index contributed by atoms with van der Waals surface area (Å²) in [6, 6.07) is 5.49. The number of nitrogens with one attached hydrogen (secondary N) is 1. The van der Waals surface area contributed by atoms with E-state index in [0.717, 1.165) is 5.56 Å². The van der Waals surface area contributed by atoms with Gasteiger partial charge < -0.3 is 15.5 Å². The Kier molecular flexibility index (Phi) is 4.88. The second-order valence-corrected chi connectivity index (χ2v) is 3.95. The molecule has 0 heterocycles. The summed E-state index contributed by atoms with van der Waals surface area (Å²) in [5.41, 5.74) is 0.771. The van der Waals surface area contributed by atoms with Crippen LogP contribution in [0.4, 0.5) is 0 Å². The molecular weight excluding hydrogens is 214 g/mol. The lowest BCUT2D eigenvalue weighted by atomic mass is 10.1. The van der Waals surface area contributed by atoms with Gasteiger partial charge in [-0.3, -0.25) is 0 Å². The molecule has 0 amide bonds. The molecule has 0 saturated carbocycles. The van der Waals surface area contributed by atoms with E-state index in [9.17, 15) is 5.11 Å². The van der Waals surface area contributed by atoms with Crippen molar-refractivity contribution in [2.24, 2.45) is 0 Å². The Morgan fingerprint density at radius 1 is 1.47 bits per heavy atom. The minimum Gasteiger partial charge on any atom is -0.506 e. The third-order valence-corrected chi connectivity index (χ3v) is 2.58. The van der Waals surface area contributed by atoms with Crippen molar-refractivity contribution in [3.8, 4) is 5.75 Å². The van der Waals surface area contributed by atoms with E-state index < -0.39 is 0 Å². The average Bonchev–Trinajstić information content (AvgIpc) is 2.21. The molecule has 1 aromatic rings. The fourth-order valence-corrected chi connectivity index (χ4v) is 1.48. The lowest BCUT2D eigenvalue weighted by molar-refractivity contribution is 0.268. The maximum atomic E-state index is 9.62. The summed E-state index contributed by atoms with van der Waals surface area (Å²) in [6.07, 6.45) is 0.696. The first-order valence-corrected chi connectivity index (χ1v) is 5.33. The monoisotopic (exact) mass is 229 g/mol. The van der Waals surface area contributed by atoms with Gasteiger partial charge in [-0.15, -0.1) is 0 Å². The van der Waals surface area contributed by atoms with Crippen molar-refractivity contribution in [1.82, 2.24) is 5.32 Å². The molecule has 1 rings (SSSR count). The van der Waals surface area contributed by atoms with Crippen LogP contribution in [0.2, 0.25) is 5.02 Å². The summed E-state index contributed by atoms with van der Waals surface area (Å²) in [5.74, 6) is 0.128. The van der Waals surface area contributed by atoms with E-state index in [1.54, 1.807) is 12.1 Å². The Bertz CT molecular complexity index is 317. The number of hydrogen-bond donors (Lipinski definition) is 3. The number of aliphatic hydroxyl groups excluding tert-OH is 1. The summed E-state index contributed by atoms with van der Waals surface area (Å²) < 4.78 is 0. The van der Waals surface area contributed by atoms with Crippen LogP contribution in [0.25, 0.3) is 0 Å². The van der Waals surface area contributed by atoms with Gasteiger partial charge in [0.2, 0.25) is 0 Å². The second kappa shape index (κ2) is 5.95. The van der Waals surface area contributed by atoms with Crippen LogP contribution in [0.15, 0.2) is 18.2 Å². The van der Waals surface area contributed by atoms with Crippen LogP contribution in [0, 0.1) is 0 Å². The Morgan fingerprint density at radius 2 is 2.20 bits per heavy atom. The molecule has 0 aliphatic heterocycles. The SMILES string of the molecule is C[C@H](CCO)NCc1cccc(Cl)c1O. The highest BCUT2D eigenvalue weighted by Crippen LogP contribution is 2.26. The van der Waals surface area contributed by atoms with E-state index in [-0.39, 0.29) is 18.4 Å². The van der Waals surface area contributed by atoms with E-state index in [4.69, 9.17) is 16.7 Å². The normalized spacial score (nSPS) is 12.7. The summed E-state index contributed by atoms with van der Waals surface area (Å²) in [7, 11) is 0. The molecule has 3 nitrogen and oxygen atoms in total. The van der Waals surface area contributed by atoms with Crippen LogP contribution in [0.3, 0.4) is 0 Å². The van der Waals surface area contributed by atoms with E-state index >= 15 is 0 Å². The van der Waals surface area contributed by atoms with Crippen molar-refractivity contribution in [3.63, 3.8) is 0 Å². The third-order valence-electron chi connectivity index (χ3n) is 2.27. The van der Waals surface area contributed by atoms with Crippen molar-refractivity contribution in [2.45, 2.75) is 25.9 Å². The molecule has 1 atom stereocenters. The zero-order valence-electron chi connectivity index (χ0n) is 8.70. The molecule has 84 valence electrons. The molecule has 3 N–H and O–H groups in total. The first kappa shape index (κ1) is 12.3. The Balaban J connectivity index is 2.54. The standard InChI is InChI=1S/C11H16ClNO2/c1-8(5-6-14)13-7-9-3-2-4-10(12)11(9)15/h2-4,8,13-15H,5-7H2,1H3/t8-/m1/s1. The number of hydrogen-bond acceptors (Lipinski definition) is 3. The quantitative estimate of drug-likeness (QED) is 0.723. The molecule has 0 saturated heterocycles. The highest BCUT2D eigenvalue weighted by molar-refractivity contribution is 6.32. The fraction of sp³-hybridized carbons (Fsp3) is 0.455. The zero-order valence-corrected chi connectivity index (χ0v) is 9.46. The van der Waals surface area contributed by atoms with Crippen LogP contribution >= 0.6 is 11.6 Å². The second-order valence-electron chi connectivity index (χ2n) is 3.54. The predicted octanol–water partition coefficient (Wildman–Crippen LogP) is 1.91. The molecule has 0 spiro atoms. The van der Waals surface area contributed by atoms with Gasteiger partial charge >= 0.3 is 0 Å². The molecule has 0 fully saturated rings. The van der Waals surface area contributed by atoms with Crippen LogP contribution in [-0.2, 0) is 6.54 Å². The molecule has 1 aromatic carbocycles. The van der Waals surface area contributed by atoms with E-state index in [2.05, 4.69) is 5.32 Å². The largest absolute Gasteiger partial charge is 0.506 e. The molecule has 0 unspecified atom stereocenters. The first-order chi connectivity index (χ1) is 7.15. The number of phenolic OH excluding ortho intramolecular Hbond substituents is 1. The Morgan fingerprint density at radius 3 is 2.87 bits per heavy atom. The fourth-order valence-electron chi connectivity index (χ4n) is 1.28. The van der Waals surface area contributed by atoms with Crippen LogP contribution in [-0.4, -0.2) is 22.9 Å². The minimum absolute atomic E-state index is 0.128. The van der Waals surface area contributed by atoms with Gasteiger partial charge in [-0.1, -0.05) is 23.7 Å². The molecule has 0 aliphatic carbocycles. The van der Waals surface area contributed by atoms with Gasteiger partial charge in [0.15, 0.2) is 0 Å². The van der Waals surface area contributed by atoms with Crippen molar-refractivity contribution in [2.75, 3.05) is 6.61 Å². The highest BCUT2D eigenvalue weighted by atomic mass is 35.5. The number of phenols is 1. The van der Waals surface area contributed by atoms with Gasteiger partial charge in [0, 0.05) is 24.8 Å². The van der Waals surface area contributed by atoms with E-state index in [0.29, 0.717) is 18.0 Å². The molecule has 0 radical (unpaired) electrons. The van der Waals surface area contributed by atoms with Crippen molar-refractivity contribution in [1.29, 1.82) is 0 Å². The molecule has 0 aromatic heterocycles. The van der Waals surface area contributed by atoms with Crippen molar-refractivity contribution < 1.29 is 10.2 Å². The number of aliphatic hydroxyl groups is 1. The van der Waals surface area contributed by atoms with Gasteiger partial charge in [0.25, 0.3) is 0 Å². The lowest BCUT2D eigenvalue weighted by Crippen LogP contribution is -2.26. The average molecular weight is 230 g/mol. The summed E-state index contributed by atoms with van der Waals surface area (Å²) >= 11 is 5.77. The number of aromatic hydroxyl groups is 1. The van der Waals surface area contributed by atoms with Crippen molar-refractivity contribution >= 4 is 11.6 Å². The predicted molar refractivity (Wildman–Crippen MR) is 61.1 cm³/mol. The third kappa shape index (κ3) is 3.70. The number of benzene rings is 1. The number of halogens is 1. The van der Waals surface area contributed by atoms with Gasteiger partial charge in [-0.2, -0.15) is 0 Å². The van der Waals surface area contributed by atoms with E-state index in [1.807, 2.05) is 13.0 Å². The highest BCUT2D eigenvalue weighted by Gasteiger charge is 2.06. The molecule has 15 heavy (non-hydrogen) atoms. The molecular formula is C11H16ClNO2. The summed E-state index contributed by atoms with van der Waals surface area (Å²) in [4.78, 5) is 0. The number of rotatable bonds is 5. The van der Waals surface area contributed by atoms with Crippen LogP contribution < -0.4 is 5.32 Å². The maximum Gasteiger partial charge on any atom is 0.138 e. The molecule has 0 aliphatic rings. The Hall–Kier alpha value is -0.770. The maximum absolute atomic E-state index is 9.62. The van der Waals surface area contributed by atoms with Crippen LogP contribution in [0.1, 0.15) is 18.9 Å². The first-order valence-electron chi connectivity index (χ1n) is 4.95. The smallest absolute Gasteiger partial charge is 0.138 e.